The Labute approximate surface area is 82.5 Å². The topological polar surface area (TPSA) is 34.9 Å². The van der Waals surface area contributed by atoms with Crippen LogP contribution < -0.4 is 5.56 Å². The smallest absolute Gasteiger partial charge is 0.270 e. The largest absolute Gasteiger partial charge is 0.286 e. The Balaban J connectivity index is 3.29. The molecular weight excluding hydrogens is 243 g/mol. The van der Waals surface area contributed by atoms with Crippen molar-refractivity contribution in [1.82, 2.24) is 9.55 Å². The van der Waals surface area contributed by atoms with Crippen LogP contribution in [0.1, 0.15) is 0 Å². The fourth-order valence-electron chi connectivity index (χ4n) is 0.655. The predicted molar refractivity (Wildman–Crippen MR) is 50.0 cm³/mol. The SMILES string of the molecule is C#CCn1cnc(Cl)c(Br)c1=O. The minimum atomic E-state index is -0.270. The van der Waals surface area contributed by atoms with E-state index in [0.717, 1.165) is 0 Å². The molecule has 0 aliphatic carbocycles. The van der Waals surface area contributed by atoms with Crippen molar-refractivity contribution in [2.24, 2.45) is 0 Å². The zero-order chi connectivity index (χ0) is 9.14. The summed E-state index contributed by atoms with van der Waals surface area (Å²) in [6.07, 6.45) is 6.35. The predicted octanol–water partition coefficient (Wildman–Crippen LogP) is 1.29. The van der Waals surface area contributed by atoms with E-state index in [4.69, 9.17) is 18.0 Å². The maximum absolute atomic E-state index is 11.3. The Morgan fingerprint density at radius 2 is 2.50 bits per heavy atom. The lowest BCUT2D eigenvalue weighted by Gasteiger charge is -2.00. The molecule has 62 valence electrons. The van der Waals surface area contributed by atoms with Crippen LogP contribution in [0.15, 0.2) is 15.6 Å². The molecular formula is C7H4BrClN2O. The fraction of sp³-hybridized carbons (Fsp3) is 0.143. The summed E-state index contributed by atoms with van der Waals surface area (Å²) >= 11 is 8.57. The Kier molecular flexibility index (Phi) is 2.90. The van der Waals surface area contributed by atoms with Crippen molar-refractivity contribution in [3.63, 3.8) is 0 Å². The molecule has 0 aliphatic rings. The van der Waals surface area contributed by atoms with E-state index < -0.39 is 0 Å². The van der Waals surface area contributed by atoms with Gasteiger partial charge in [-0.15, -0.1) is 6.42 Å². The summed E-state index contributed by atoms with van der Waals surface area (Å²) in [7, 11) is 0. The van der Waals surface area contributed by atoms with Crippen LogP contribution in [0.25, 0.3) is 0 Å². The van der Waals surface area contributed by atoms with E-state index in [1.165, 1.54) is 10.9 Å². The number of terminal acetylenes is 1. The third-order valence-electron chi connectivity index (χ3n) is 1.20. The highest BCUT2D eigenvalue weighted by Gasteiger charge is 2.04. The molecule has 0 unspecified atom stereocenters. The van der Waals surface area contributed by atoms with Crippen LogP contribution in [0.3, 0.4) is 0 Å². The molecule has 0 fully saturated rings. The van der Waals surface area contributed by atoms with Gasteiger partial charge in [-0.05, 0) is 15.9 Å². The quantitative estimate of drug-likeness (QED) is 0.554. The molecule has 0 saturated carbocycles. The molecule has 0 bridgehead atoms. The lowest BCUT2D eigenvalue weighted by molar-refractivity contribution is 0.762. The number of rotatable bonds is 1. The molecule has 1 rings (SSSR count). The van der Waals surface area contributed by atoms with Crippen molar-refractivity contribution < 1.29 is 0 Å². The van der Waals surface area contributed by atoms with E-state index in [1.807, 2.05) is 0 Å². The minimum Gasteiger partial charge on any atom is -0.286 e. The first kappa shape index (κ1) is 9.30. The first-order valence-corrected chi connectivity index (χ1v) is 4.18. The van der Waals surface area contributed by atoms with Gasteiger partial charge in [0.2, 0.25) is 0 Å². The van der Waals surface area contributed by atoms with Crippen LogP contribution >= 0.6 is 27.5 Å². The maximum Gasteiger partial charge on any atom is 0.270 e. The monoisotopic (exact) mass is 246 g/mol. The second-order valence-electron chi connectivity index (χ2n) is 1.99. The van der Waals surface area contributed by atoms with Gasteiger partial charge in [0.15, 0.2) is 5.15 Å². The highest BCUT2D eigenvalue weighted by Crippen LogP contribution is 2.13. The zero-order valence-electron chi connectivity index (χ0n) is 5.92. The Hall–Kier alpha value is -0.790. The van der Waals surface area contributed by atoms with Gasteiger partial charge in [0.05, 0.1) is 6.54 Å². The second kappa shape index (κ2) is 3.74. The number of aromatic nitrogens is 2. The van der Waals surface area contributed by atoms with Crippen molar-refractivity contribution >= 4 is 27.5 Å². The normalized spacial score (nSPS) is 9.42. The molecule has 1 aromatic rings. The van der Waals surface area contributed by atoms with Gasteiger partial charge in [-0.1, -0.05) is 17.5 Å². The third-order valence-corrected chi connectivity index (χ3v) is 2.43. The molecule has 0 saturated heterocycles. The van der Waals surface area contributed by atoms with Gasteiger partial charge in [0.25, 0.3) is 5.56 Å². The van der Waals surface area contributed by atoms with Gasteiger partial charge >= 0.3 is 0 Å². The molecule has 12 heavy (non-hydrogen) atoms. The summed E-state index contributed by atoms with van der Waals surface area (Å²) in [5.74, 6) is 2.33. The van der Waals surface area contributed by atoms with E-state index in [-0.39, 0.29) is 21.7 Å². The summed E-state index contributed by atoms with van der Waals surface area (Å²) in [5.41, 5.74) is -0.270. The average Bonchev–Trinajstić information content (AvgIpc) is 2.07. The molecule has 1 aromatic heterocycles. The van der Waals surface area contributed by atoms with E-state index in [9.17, 15) is 4.79 Å². The molecule has 0 N–H and O–H groups in total. The van der Waals surface area contributed by atoms with Crippen molar-refractivity contribution in [2.75, 3.05) is 0 Å². The molecule has 3 nitrogen and oxygen atoms in total. The first-order valence-electron chi connectivity index (χ1n) is 3.00. The van der Waals surface area contributed by atoms with Crippen LogP contribution in [0.4, 0.5) is 0 Å². The molecule has 0 atom stereocenters. The second-order valence-corrected chi connectivity index (χ2v) is 3.14. The van der Waals surface area contributed by atoms with Gasteiger partial charge < -0.3 is 0 Å². The Bertz CT molecular complexity index is 393. The molecule has 0 radical (unpaired) electrons. The van der Waals surface area contributed by atoms with Crippen LogP contribution in [-0.2, 0) is 6.54 Å². The van der Waals surface area contributed by atoms with Gasteiger partial charge in [0.1, 0.15) is 10.8 Å². The Morgan fingerprint density at radius 3 is 3.08 bits per heavy atom. The number of hydrogen-bond acceptors (Lipinski definition) is 2. The first-order chi connectivity index (χ1) is 5.66. The van der Waals surface area contributed by atoms with Crippen LogP contribution in [0, 0.1) is 12.3 Å². The average molecular weight is 247 g/mol. The van der Waals surface area contributed by atoms with E-state index in [2.05, 4.69) is 26.8 Å². The van der Waals surface area contributed by atoms with Gasteiger partial charge in [-0.2, -0.15) is 0 Å². The van der Waals surface area contributed by atoms with E-state index >= 15 is 0 Å². The molecule has 0 aromatic carbocycles. The fourth-order valence-corrected chi connectivity index (χ4v) is 1.11. The van der Waals surface area contributed by atoms with Crippen molar-refractivity contribution in [3.8, 4) is 12.3 Å². The number of halogens is 2. The molecule has 0 aliphatic heterocycles. The van der Waals surface area contributed by atoms with E-state index in [1.54, 1.807) is 0 Å². The molecule has 1 heterocycles. The summed E-state index contributed by atoms with van der Waals surface area (Å²) in [6, 6.07) is 0. The third kappa shape index (κ3) is 1.68. The summed E-state index contributed by atoms with van der Waals surface area (Å²) in [5, 5.41) is 0.147. The van der Waals surface area contributed by atoms with Crippen LogP contribution in [0.2, 0.25) is 5.15 Å². The number of hydrogen-bond donors (Lipinski definition) is 0. The van der Waals surface area contributed by atoms with Crippen molar-refractivity contribution in [3.05, 3.63) is 26.3 Å². The summed E-state index contributed by atoms with van der Waals surface area (Å²) in [4.78, 5) is 15.0. The summed E-state index contributed by atoms with van der Waals surface area (Å²) in [6.45, 7) is 0.196. The zero-order valence-corrected chi connectivity index (χ0v) is 8.26. The summed E-state index contributed by atoms with van der Waals surface area (Å²) < 4.78 is 1.53. The molecule has 5 heteroatoms. The van der Waals surface area contributed by atoms with Crippen molar-refractivity contribution in [2.45, 2.75) is 6.54 Å². The highest BCUT2D eigenvalue weighted by molar-refractivity contribution is 9.10. The lowest BCUT2D eigenvalue weighted by atomic mass is 10.6. The lowest BCUT2D eigenvalue weighted by Crippen LogP contribution is -2.20. The minimum absolute atomic E-state index is 0.147. The molecule has 0 spiro atoms. The van der Waals surface area contributed by atoms with Gasteiger partial charge in [-0.25, -0.2) is 4.98 Å². The van der Waals surface area contributed by atoms with Crippen LogP contribution in [-0.4, -0.2) is 9.55 Å². The van der Waals surface area contributed by atoms with Crippen molar-refractivity contribution in [1.29, 1.82) is 0 Å². The van der Waals surface area contributed by atoms with Gasteiger partial charge in [-0.3, -0.25) is 9.36 Å². The highest BCUT2D eigenvalue weighted by atomic mass is 79.9. The van der Waals surface area contributed by atoms with Gasteiger partial charge in [0, 0.05) is 0 Å². The maximum atomic E-state index is 11.3. The Morgan fingerprint density at radius 1 is 1.83 bits per heavy atom. The standard InChI is InChI=1S/C7H4BrClN2O/c1-2-3-11-4-10-6(9)5(8)7(11)12/h1,4H,3H2. The molecule has 0 amide bonds. The van der Waals surface area contributed by atoms with Crippen LogP contribution in [0.5, 0.6) is 0 Å². The number of nitrogens with zero attached hydrogens (tertiary/aromatic N) is 2. The van der Waals surface area contributed by atoms with E-state index in [0.29, 0.717) is 0 Å².